The molecule has 72 valence electrons. The zero-order valence-corrected chi connectivity index (χ0v) is 8.04. The van der Waals surface area contributed by atoms with Gasteiger partial charge in [-0.2, -0.15) is 5.10 Å². The third-order valence-corrected chi connectivity index (χ3v) is 1.95. The van der Waals surface area contributed by atoms with Crippen LogP contribution in [0.25, 0.3) is 0 Å². The van der Waals surface area contributed by atoms with Crippen LogP contribution in [0.2, 0.25) is 5.02 Å². The molecule has 0 fully saturated rings. The maximum atomic E-state index is 10.6. The number of carboxylic acids is 1. The number of carboxylic acid groups (broad SMARTS) is 1. The highest BCUT2D eigenvalue weighted by Crippen LogP contribution is 2.25. The highest BCUT2D eigenvalue weighted by atomic mass is 35.5. The van der Waals surface area contributed by atoms with Gasteiger partial charge in [0, 0.05) is 6.04 Å². The normalized spacial score (nSPS) is 10.8. The van der Waals surface area contributed by atoms with E-state index in [1.807, 2.05) is 13.8 Å². The summed E-state index contributed by atoms with van der Waals surface area (Å²) in [6.45, 7) is 3.68. The second-order valence-electron chi connectivity index (χ2n) is 2.89. The average molecular weight is 204 g/mol. The molecule has 0 amide bonds. The Balaban J connectivity index is 3.28. The highest BCUT2D eigenvalue weighted by molar-refractivity contribution is 6.35. The average Bonchev–Trinajstić information content (AvgIpc) is 2.29. The molecule has 0 aliphatic heterocycles. The first-order valence-corrected chi connectivity index (χ1v) is 4.09. The van der Waals surface area contributed by atoms with Crippen molar-refractivity contribution >= 4 is 23.4 Å². The maximum Gasteiger partial charge on any atom is 0.358 e. The fourth-order valence-electron chi connectivity index (χ4n) is 0.958. The zero-order chi connectivity index (χ0) is 10.2. The van der Waals surface area contributed by atoms with Crippen molar-refractivity contribution < 1.29 is 9.90 Å². The molecule has 0 radical (unpaired) electrons. The summed E-state index contributed by atoms with van der Waals surface area (Å²) in [6.07, 6.45) is 0. The van der Waals surface area contributed by atoms with Crippen molar-refractivity contribution in [3.05, 3.63) is 10.7 Å². The molecule has 13 heavy (non-hydrogen) atoms. The summed E-state index contributed by atoms with van der Waals surface area (Å²) in [5.74, 6) is -0.981. The SMILES string of the molecule is CC(C)n1nc(C(=O)O)c(Cl)c1N. The Morgan fingerprint density at radius 1 is 1.69 bits per heavy atom. The molecular formula is C7H10ClN3O2. The summed E-state index contributed by atoms with van der Waals surface area (Å²) < 4.78 is 1.38. The standard InChI is InChI=1S/C7H10ClN3O2/c1-3(2)11-6(9)4(8)5(10-11)7(12)13/h3H,9H2,1-2H3,(H,12,13). The number of hydrogen-bond donors (Lipinski definition) is 2. The van der Waals surface area contributed by atoms with E-state index in [1.54, 1.807) is 0 Å². The number of nitrogens with two attached hydrogens (primary N) is 1. The van der Waals surface area contributed by atoms with Crippen LogP contribution in [-0.2, 0) is 0 Å². The van der Waals surface area contributed by atoms with E-state index in [1.165, 1.54) is 4.68 Å². The number of nitrogens with zero attached hydrogens (tertiary/aromatic N) is 2. The van der Waals surface area contributed by atoms with Crippen LogP contribution in [0.15, 0.2) is 0 Å². The van der Waals surface area contributed by atoms with Crippen molar-refractivity contribution in [3.8, 4) is 0 Å². The van der Waals surface area contributed by atoms with Crippen LogP contribution in [0.4, 0.5) is 5.82 Å². The maximum absolute atomic E-state index is 10.6. The van der Waals surface area contributed by atoms with Gasteiger partial charge in [0.25, 0.3) is 0 Å². The first-order chi connectivity index (χ1) is 5.95. The predicted octanol–water partition coefficient (Wildman–Crippen LogP) is 1.40. The molecule has 0 bridgehead atoms. The topological polar surface area (TPSA) is 81.1 Å². The Morgan fingerprint density at radius 3 is 2.46 bits per heavy atom. The first kappa shape index (κ1) is 9.85. The van der Waals surface area contributed by atoms with E-state index < -0.39 is 5.97 Å². The van der Waals surface area contributed by atoms with Crippen molar-refractivity contribution in [1.82, 2.24) is 9.78 Å². The predicted molar refractivity (Wildman–Crippen MR) is 49.0 cm³/mol. The largest absolute Gasteiger partial charge is 0.476 e. The fourth-order valence-corrected chi connectivity index (χ4v) is 1.16. The summed E-state index contributed by atoms with van der Waals surface area (Å²) in [6, 6.07) is -0.00870. The van der Waals surface area contributed by atoms with Crippen LogP contribution in [0.5, 0.6) is 0 Å². The molecule has 1 heterocycles. The lowest BCUT2D eigenvalue weighted by atomic mass is 10.4. The molecule has 0 atom stereocenters. The van der Waals surface area contributed by atoms with Gasteiger partial charge in [-0.3, -0.25) is 0 Å². The minimum absolute atomic E-state index is 0.00111. The number of aromatic carboxylic acids is 1. The lowest BCUT2D eigenvalue weighted by Crippen LogP contribution is -2.07. The minimum Gasteiger partial charge on any atom is -0.476 e. The van der Waals surface area contributed by atoms with Gasteiger partial charge in [0.2, 0.25) is 0 Å². The first-order valence-electron chi connectivity index (χ1n) is 3.72. The lowest BCUT2D eigenvalue weighted by Gasteiger charge is -2.06. The Morgan fingerprint density at radius 2 is 2.23 bits per heavy atom. The summed E-state index contributed by atoms with van der Waals surface area (Å²) in [5.41, 5.74) is 5.35. The second-order valence-corrected chi connectivity index (χ2v) is 3.27. The Kier molecular flexibility index (Phi) is 2.47. The van der Waals surface area contributed by atoms with Gasteiger partial charge in [-0.1, -0.05) is 11.6 Å². The van der Waals surface area contributed by atoms with E-state index in [0.717, 1.165) is 0 Å². The van der Waals surface area contributed by atoms with Crippen LogP contribution < -0.4 is 5.73 Å². The quantitative estimate of drug-likeness (QED) is 0.761. The van der Waals surface area contributed by atoms with E-state index in [2.05, 4.69) is 5.10 Å². The molecule has 6 heteroatoms. The number of nitrogen functional groups attached to an aromatic ring is 1. The van der Waals surface area contributed by atoms with Crippen molar-refractivity contribution in [3.63, 3.8) is 0 Å². The number of aromatic nitrogens is 2. The molecule has 3 N–H and O–H groups in total. The van der Waals surface area contributed by atoms with Crippen LogP contribution in [0.3, 0.4) is 0 Å². The van der Waals surface area contributed by atoms with Crippen LogP contribution in [-0.4, -0.2) is 20.9 Å². The molecule has 1 aromatic rings. The molecule has 5 nitrogen and oxygen atoms in total. The highest BCUT2D eigenvalue weighted by Gasteiger charge is 2.20. The van der Waals surface area contributed by atoms with Crippen LogP contribution in [0, 0.1) is 0 Å². The lowest BCUT2D eigenvalue weighted by molar-refractivity contribution is 0.0689. The number of hydrogen-bond acceptors (Lipinski definition) is 3. The Hall–Kier alpha value is -1.23. The van der Waals surface area contributed by atoms with Crippen molar-refractivity contribution in [2.24, 2.45) is 0 Å². The Labute approximate surface area is 80.1 Å². The van der Waals surface area contributed by atoms with Gasteiger partial charge in [0.1, 0.15) is 10.8 Å². The second kappa shape index (κ2) is 3.26. The molecule has 0 spiro atoms. The summed E-state index contributed by atoms with van der Waals surface area (Å²) in [4.78, 5) is 10.6. The smallest absolute Gasteiger partial charge is 0.358 e. The third-order valence-electron chi connectivity index (χ3n) is 1.58. The molecule has 0 unspecified atom stereocenters. The van der Waals surface area contributed by atoms with Crippen LogP contribution in [0.1, 0.15) is 30.4 Å². The molecule has 1 rings (SSSR count). The Bertz CT molecular complexity index is 346. The molecule has 0 saturated heterocycles. The van der Waals surface area contributed by atoms with Gasteiger partial charge in [0.05, 0.1) is 0 Å². The van der Waals surface area contributed by atoms with E-state index >= 15 is 0 Å². The number of rotatable bonds is 2. The molecule has 1 aromatic heterocycles. The number of anilines is 1. The van der Waals surface area contributed by atoms with Crippen molar-refractivity contribution in [1.29, 1.82) is 0 Å². The summed E-state index contributed by atoms with van der Waals surface area (Å²) in [7, 11) is 0. The van der Waals surface area contributed by atoms with Gasteiger partial charge in [0.15, 0.2) is 5.69 Å². The van der Waals surface area contributed by atoms with Gasteiger partial charge in [-0.25, -0.2) is 9.48 Å². The summed E-state index contributed by atoms with van der Waals surface area (Å²) in [5, 5.41) is 12.4. The molecule has 0 aliphatic carbocycles. The van der Waals surface area contributed by atoms with E-state index in [0.29, 0.717) is 0 Å². The number of halogens is 1. The van der Waals surface area contributed by atoms with Gasteiger partial charge in [-0.05, 0) is 13.8 Å². The van der Waals surface area contributed by atoms with Gasteiger partial charge < -0.3 is 10.8 Å². The zero-order valence-electron chi connectivity index (χ0n) is 7.28. The molecule has 0 aliphatic rings. The monoisotopic (exact) mass is 203 g/mol. The third kappa shape index (κ3) is 1.60. The molecule has 0 saturated carbocycles. The van der Waals surface area contributed by atoms with Gasteiger partial charge >= 0.3 is 5.97 Å². The number of carbonyl (C=O) groups is 1. The van der Waals surface area contributed by atoms with E-state index in [9.17, 15) is 4.79 Å². The molecular weight excluding hydrogens is 194 g/mol. The van der Waals surface area contributed by atoms with Crippen molar-refractivity contribution in [2.75, 3.05) is 5.73 Å². The van der Waals surface area contributed by atoms with Crippen LogP contribution >= 0.6 is 11.6 Å². The summed E-state index contributed by atoms with van der Waals surface area (Å²) >= 11 is 5.66. The van der Waals surface area contributed by atoms with Gasteiger partial charge in [-0.15, -0.1) is 0 Å². The van der Waals surface area contributed by atoms with Crippen molar-refractivity contribution in [2.45, 2.75) is 19.9 Å². The minimum atomic E-state index is -1.17. The van der Waals surface area contributed by atoms with E-state index in [4.69, 9.17) is 22.4 Å². The van der Waals surface area contributed by atoms with E-state index in [-0.39, 0.29) is 22.6 Å². The molecule has 0 aromatic carbocycles. The fraction of sp³-hybridized carbons (Fsp3) is 0.429.